The van der Waals surface area contributed by atoms with Gasteiger partial charge in [-0.3, -0.25) is 14.4 Å². The average Bonchev–Trinajstić information content (AvgIpc) is 3.53. The van der Waals surface area contributed by atoms with Crippen LogP contribution in [0.15, 0.2) is 77.2 Å². The Morgan fingerprint density at radius 1 is 0.971 bits per heavy atom. The average molecular weight is 466 g/mol. The minimum absolute atomic E-state index is 0.00894. The molecular weight excluding hydrogens is 442 g/mol. The van der Waals surface area contributed by atoms with Gasteiger partial charge in [0.1, 0.15) is 11.6 Å². The first-order valence-corrected chi connectivity index (χ1v) is 11.7. The zero-order valence-corrected chi connectivity index (χ0v) is 19.2. The Bertz CT molecular complexity index is 1440. The molecule has 1 unspecified atom stereocenters. The van der Waals surface area contributed by atoms with Crippen LogP contribution in [0.3, 0.4) is 0 Å². The SMILES string of the molecule is Cc1ccccc1C(=O)N(C1CC1)C1CC(=O)N(c2ccc(-c3nc4ccccc4o3)cc2)C1=O. The molecule has 174 valence electrons. The molecule has 35 heavy (non-hydrogen) atoms. The van der Waals surface area contributed by atoms with E-state index < -0.39 is 6.04 Å². The number of imide groups is 1. The molecule has 0 radical (unpaired) electrons. The molecule has 1 saturated carbocycles. The lowest BCUT2D eigenvalue weighted by atomic mass is 10.1. The molecule has 0 N–H and O–H groups in total. The van der Waals surface area contributed by atoms with Crippen molar-refractivity contribution in [3.63, 3.8) is 0 Å². The van der Waals surface area contributed by atoms with Gasteiger partial charge >= 0.3 is 0 Å². The van der Waals surface area contributed by atoms with Crippen LogP contribution >= 0.6 is 0 Å². The molecule has 1 aromatic heterocycles. The molecular formula is C28H23N3O4. The molecule has 3 amide bonds. The first kappa shape index (κ1) is 21.3. The van der Waals surface area contributed by atoms with Crippen LogP contribution in [-0.4, -0.2) is 39.7 Å². The van der Waals surface area contributed by atoms with Crippen LogP contribution in [0.2, 0.25) is 0 Å². The molecule has 7 nitrogen and oxygen atoms in total. The number of amides is 3. The largest absolute Gasteiger partial charge is 0.436 e. The summed E-state index contributed by atoms with van der Waals surface area (Å²) in [6, 6.07) is 21.1. The molecule has 1 aliphatic heterocycles. The molecule has 7 heteroatoms. The fraction of sp³-hybridized carbons (Fsp3) is 0.214. The van der Waals surface area contributed by atoms with E-state index >= 15 is 0 Å². The van der Waals surface area contributed by atoms with E-state index in [0.717, 1.165) is 29.5 Å². The minimum Gasteiger partial charge on any atom is -0.436 e. The van der Waals surface area contributed by atoms with E-state index in [1.807, 2.05) is 49.4 Å². The molecule has 1 saturated heterocycles. The number of carbonyl (C=O) groups is 3. The molecule has 2 heterocycles. The summed E-state index contributed by atoms with van der Waals surface area (Å²) >= 11 is 0. The van der Waals surface area contributed by atoms with Gasteiger partial charge in [0, 0.05) is 17.2 Å². The Hall–Kier alpha value is -4.26. The van der Waals surface area contributed by atoms with E-state index in [-0.39, 0.29) is 30.2 Å². The van der Waals surface area contributed by atoms with Crippen molar-refractivity contribution in [1.82, 2.24) is 9.88 Å². The summed E-state index contributed by atoms with van der Waals surface area (Å²) in [5.74, 6) is -0.389. The van der Waals surface area contributed by atoms with E-state index in [0.29, 0.717) is 22.7 Å². The van der Waals surface area contributed by atoms with E-state index in [4.69, 9.17) is 4.42 Å². The Kier molecular flexibility index (Phi) is 4.99. The predicted molar refractivity (Wildman–Crippen MR) is 131 cm³/mol. The quantitative estimate of drug-likeness (QED) is 0.398. The van der Waals surface area contributed by atoms with Crippen molar-refractivity contribution >= 4 is 34.5 Å². The number of carbonyl (C=O) groups excluding carboxylic acids is 3. The molecule has 3 aromatic carbocycles. The molecule has 0 spiro atoms. The normalized spacial score (nSPS) is 17.9. The number of para-hydroxylation sites is 2. The summed E-state index contributed by atoms with van der Waals surface area (Å²) < 4.78 is 5.82. The van der Waals surface area contributed by atoms with E-state index in [1.165, 1.54) is 4.90 Å². The first-order valence-electron chi connectivity index (χ1n) is 11.7. The third kappa shape index (κ3) is 3.69. The smallest absolute Gasteiger partial charge is 0.257 e. The monoisotopic (exact) mass is 465 g/mol. The van der Waals surface area contributed by atoms with Crippen molar-refractivity contribution in [3.8, 4) is 11.5 Å². The zero-order valence-electron chi connectivity index (χ0n) is 19.2. The Labute approximate surface area is 202 Å². The fourth-order valence-corrected chi connectivity index (χ4v) is 4.72. The van der Waals surface area contributed by atoms with Gasteiger partial charge in [-0.1, -0.05) is 30.3 Å². The number of aromatic nitrogens is 1. The van der Waals surface area contributed by atoms with Crippen molar-refractivity contribution in [2.45, 2.75) is 38.3 Å². The van der Waals surface area contributed by atoms with Gasteiger partial charge < -0.3 is 9.32 Å². The highest BCUT2D eigenvalue weighted by atomic mass is 16.3. The molecule has 0 bridgehead atoms. The predicted octanol–water partition coefficient (Wildman–Crippen LogP) is 4.74. The van der Waals surface area contributed by atoms with Crippen molar-refractivity contribution in [3.05, 3.63) is 83.9 Å². The van der Waals surface area contributed by atoms with Crippen LogP contribution in [0.4, 0.5) is 5.69 Å². The van der Waals surface area contributed by atoms with Gasteiger partial charge in [0.15, 0.2) is 5.58 Å². The maximum atomic E-state index is 13.5. The second-order valence-electron chi connectivity index (χ2n) is 9.08. The summed E-state index contributed by atoms with van der Waals surface area (Å²) in [4.78, 5) is 47.2. The third-order valence-electron chi connectivity index (χ3n) is 6.68. The Morgan fingerprint density at radius 3 is 2.40 bits per heavy atom. The van der Waals surface area contributed by atoms with E-state index in [1.54, 1.807) is 35.2 Å². The van der Waals surface area contributed by atoms with Crippen LogP contribution in [0.5, 0.6) is 0 Å². The zero-order chi connectivity index (χ0) is 24.1. The molecule has 4 aromatic rings. The van der Waals surface area contributed by atoms with Gasteiger partial charge in [0.2, 0.25) is 11.8 Å². The highest BCUT2D eigenvalue weighted by Crippen LogP contribution is 2.36. The fourth-order valence-electron chi connectivity index (χ4n) is 4.72. The lowest BCUT2D eigenvalue weighted by Crippen LogP contribution is -2.47. The summed E-state index contributed by atoms with van der Waals surface area (Å²) in [6.07, 6.45) is 1.67. The number of benzene rings is 3. The molecule has 1 aliphatic carbocycles. The highest BCUT2D eigenvalue weighted by molar-refractivity contribution is 6.23. The standard InChI is InChI=1S/C28H23N3O4/c1-17-6-2-3-7-21(17)27(33)30(19-14-15-19)23-16-25(32)31(28(23)34)20-12-10-18(11-13-20)26-29-22-8-4-5-9-24(22)35-26/h2-13,19,23H,14-16H2,1H3. The number of anilines is 1. The van der Waals surface area contributed by atoms with Gasteiger partial charge in [-0.25, -0.2) is 9.88 Å². The second kappa shape index (κ2) is 8.20. The van der Waals surface area contributed by atoms with Crippen LogP contribution in [0, 0.1) is 6.92 Å². The van der Waals surface area contributed by atoms with E-state index in [9.17, 15) is 14.4 Å². The van der Waals surface area contributed by atoms with Gasteiger partial charge in [-0.2, -0.15) is 0 Å². The minimum atomic E-state index is -0.793. The van der Waals surface area contributed by atoms with Crippen LogP contribution in [-0.2, 0) is 9.59 Å². The van der Waals surface area contributed by atoms with Gasteiger partial charge in [-0.05, 0) is 67.8 Å². The molecule has 2 fully saturated rings. The van der Waals surface area contributed by atoms with Crippen molar-refractivity contribution in [2.75, 3.05) is 4.90 Å². The number of hydrogen-bond acceptors (Lipinski definition) is 5. The van der Waals surface area contributed by atoms with Crippen molar-refractivity contribution in [1.29, 1.82) is 0 Å². The maximum Gasteiger partial charge on any atom is 0.257 e. The molecule has 6 rings (SSSR count). The van der Waals surface area contributed by atoms with E-state index in [2.05, 4.69) is 4.98 Å². The number of oxazole rings is 1. The van der Waals surface area contributed by atoms with Gasteiger partial charge in [-0.15, -0.1) is 0 Å². The lowest BCUT2D eigenvalue weighted by molar-refractivity contribution is -0.122. The highest BCUT2D eigenvalue weighted by Gasteiger charge is 2.49. The molecule has 2 aliphatic rings. The van der Waals surface area contributed by atoms with Crippen LogP contribution in [0.1, 0.15) is 35.2 Å². The number of hydrogen-bond donors (Lipinski definition) is 0. The molecule has 1 atom stereocenters. The number of rotatable bonds is 5. The Morgan fingerprint density at radius 2 is 1.69 bits per heavy atom. The third-order valence-corrected chi connectivity index (χ3v) is 6.68. The topological polar surface area (TPSA) is 83.7 Å². The van der Waals surface area contributed by atoms with Crippen molar-refractivity contribution < 1.29 is 18.8 Å². The second-order valence-corrected chi connectivity index (χ2v) is 9.08. The van der Waals surface area contributed by atoms with Gasteiger partial charge in [0.05, 0.1) is 12.1 Å². The van der Waals surface area contributed by atoms with Crippen molar-refractivity contribution in [2.24, 2.45) is 0 Å². The summed E-state index contributed by atoms with van der Waals surface area (Å²) in [5.41, 5.74) is 4.10. The summed E-state index contributed by atoms with van der Waals surface area (Å²) in [7, 11) is 0. The Balaban J connectivity index is 1.27. The summed E-state index contributed by atoms with van der Waals surface area (Å²) in [5, 5.41) is 0. The lowest BCUT2D eigenvalue weighted by Gasteiger charge is -2.28. The maximum absolute atomic E-state index is 13.5. The van der Waals surface area contributed by atoms with Crippen LogP contribution < -0.4 is 4.90 Å². The number of fused-ring (bicyclic) bond motifs is 1. The summed E-state index contributed by atoms with van der Waals surface area (Å²) in [6.45, 7) is 1.88. The number of nitrogens with zero attached hydrogens (tertiary/aromatic N) is 3. The van der Waals surface area contributed by atoms with Crippen LogP contribution in [0.25, 0.3) is 22.6 Å². The number of aryl methyl sites for hydroxylation is 1. The first-order chi connectivity index (χ1) is 17.0. The van der Waals surface area contributed by atoms with Gasteiger partial charge in [0.25, 0.3) is 11.8 Å².